The number of carbonyl (C=O) groups excluding carboxylic acids is 1. The van der Waals surface area contributed by atoms with Crippen LogP contribution in [0.15, 0.2) is 61.1 Å². The van der Waals surface area contributed by atoms with Crippen LogP contribution in [0.25, 0.3) is 0 Å². The summed E-state index contributed by atoms with van der Waals surface area (Å²) in [4.78, 5) is 20.9. The molecule has 0 aliphatic carbocycles. The zero-order chi connectivity index (χ0) is 18.4. The lowest BCUT2D eigenvalue weighted by molar-refractivity contribution is 0.102. The minimum absolute atomic E-state index is 0.306. The van der Waals surface area contributed by atoms with Crippen LogP contribution in [0.1, 0.15) is 16.1 Å². The quantitative estimate of drug-likeness (QED) is 0.687. The molecule has 3 aromatic rings. The number of carbonyl (C=O) groups is 1. The first-order valence-corrected chi connectivity index (χ1v) is 8.27. The second kappa shape index (κ2) is 8.31. The minimum Gasteiger partial charge on any atom is -0.495 e. The zero-order valence-electron chi connectivity index (χ0n) is 14.1. The molecule has 0 fully saturated rings. The Labute approximate surface area is 156 Å². The van der Waals surface area contributed by atoms with E-state index in [0.717, 1.165) is 11.4 Å². The molecule has 0 saturated carbocycles. The third-order valence-corrected chi connectivity index (χ3v) is 3.85. The summed E-state index contributed by atoms with van der Waals surface area (Å²) in [5.74, 6) is 0.222. The Balaban J connectivity index is 1.71. The molecule has 0 aliphatic heterocycles. The molecule has 1 amide bonds. The molecule has 0 spiro atoms. The van der Waals surface area contributed by atoms with Crippen molar-refractivity contribution in [1.29, 1.82) is 0 Å². The summed E-state index contributed by atoms with van der Waals surface area (Å²) >= 11 is 5.99. The van der Waals surface area contributed by atoms with Gasteiger partial charge in [-0.2, -0.15) is 0 Å². The van der Waals surface area contributed by atoms with Crippen LogP contribution in [0, 0.1) is 0 Å². The van der Waals surface area contributed by atoms with Crippen molar-refractivity contribution in [2.45, 2.75) is 6.54 Å². The maximum absolute atomic E-state index is 12.5. The first-order valence-electron chi connectivity index (χ1n) is 7.89. The van der Waals surface area contributed by atoms with Gasteiger partial charge in [0.25, 0.3) is 5.91 Å². The lowest BCUT2D eigenvalue weighted by Crippen LogP contribution is -2.13. The van der Waals surface area contributed by atoms with E-state index in [1.165, 1.54) is 13.3 Å². The molecule has 6 nitrogen and oxygen atoms in total. The van der Waals surface area contributed by atoms with Crippen LogP contribution in [0.5, 0.6) is 5.75 Å². The van der Waals surface area contributed by atoms with E-state index >= 15 is 0 Å². The summed E-state index contributed by atoms with van der Waals surface area (Å²) in [6, 6.07) is 12.4. The van der Waals surface area contributed by atoms with E-state index in [1.807, 2.05) is 18.2 Å². The van der Waals surface area contributed by atoms with Gasteiger partial charge in [-0.05, 0) is 36.4 Å². The van der Waals surface area contributed by atoms with E-state index in [4.69, 9.17) is 16.3 Å². The summed E-state index contributed by atoms with van der Waals surface area (Å²) in [5.41, 5.74) is 2.53. The van der Waals surface area contributed by atoms with Crippen LogP contribution in [0.3, 0.4) is 0 Å². The molecule has 132 valence electrons. The molecule has 1 aromatic carbocycles. The summed E-state index contributed by atoms with van der Waals surface area (Å²) in [6.07, 6.45) is 4.88. The molecule has 0 unspecified atom stereocenters. The number of nitrogens with zero attached hydrogens (tertiary/aromatic N) is 2. The summed E-state index contributed by atoms with van der Waals surface area (Å²) in [7, 11) is 1.53. The molecular formula is C19H17ClN4O2. The SMILES string of the molecule is COc1ccc(Cl)cc1NC(=O)c1cncc(NCc2ccccn2)c1. The van der Waals surface area contributed by atoms with Crippen molar-refractivity contribution in [1.82, 2.24) is 9.97 Å². The van der Waals surface area contributed by atoms with Crippen molar-refractivity contribution < 1.29 is 9.53 Å². The Morgan fingerprint density at radius 1 is 1.19 bits per heavy atom. The predicted octanol–water partition coefficient (Wildman–Crippen LogP) is 4.00. The van der Waals surface area contributed by atoms with Crippen molar-refractivity contribution in [3.8, 4) is 5.75 Å². The van der Waals surface area contributed by atoms with Gasteiger partial charge in [-0.25, -0.2) is 0 Å². The van der Waals surface area contributed by atoms with Crippen molar-refractivity contribution in [3.05, 3.63) is 77.3 Å². The lowest BCUT2D eigenvalue weighted by atomic mass is 10.2. The highest BCUT2D eigenvalue weighted by Gasteiger charge is 2.11. The van der Waals surface area contributed by atoms with Gasteiger partial charge in [0.2, 0.25) is 0 Å². The second-order valence-electron chi connectivity index (χ2n) is 5.44. The molecule has 7 heteroatoms. The third-order valence-electron chi connectivity index (χ3n) is 3.61. The van der Waals surface area contributed by atoms with Gasteiger partial charge in [0, 0.05) is 23.6 Å². The van der Waals surface area contributed by atoms with Gasteiger partial charge in [-0.1, -0.05) is 17.7 Å². The van der Waals surface area contributed by atoms with Gasteiger partial charge in [-0.15, -0.1) is 0 Å². The highest BCUT2D eigenvalue weighted by molar-refractivity contribution is 6.31. The zero-order valence-corrected chi connectivity index (χ0v) is 14.8. The standard InChI is InChI=1S/C19H17ClN4O2/c1-26-18-6-5-14(20)9-17(18)24-19(25)13-8-16(11-21-10-13)23-12-15-4-2-3-7-22-15/h2-11,23H,12H2,1H3,(H,24,25). The fraction of sp³-hybridized carbons (Fsp3) is 0.105. The largest absolute Gasteiger partial charge is 0.495 e. The molecule has 0 aliphatic rings. The number of anilines is 2. The number of nitrogens with one attached hydrogen (secondary N) is 2. The number of hydrogen-bond acceptors (Lipinski definition) is 5. The Kier molecular flexibility index (Phi) is 5.66. The Bertz CT molecular complexity index is 903. The molecule has 0 radical (unpaired) electrons. The molecule has 2 heterocycles. The number of aromatic nitrogens is 2. The van der Waals surface area contributed by atoms with E-state index in [0.29, 0.717) is 28.6 Å². The van der Waals surface area contributed by atoms with E-state index in [9.17, 15) is 4.79 Å². The number of pyridine rings is 2. The summed E-state index contributed by atoms with van der Waals surface area (Å²) in [6.45, 7) is 0.537. The highest BCUT2D eigenvalue weighted by atomic mass is 35.5. The number of benzene rings is 1. The topological polar surface area (TPSA) is 76.1 Å². The van der Waals surface area contributed by atoms with Gasteiger partial charge in [0.05, 0.1) is 36.3 Å². The number of halogens is 1. The van der Waals surface area contributed by atoms with E-state index < -0.39 is 0 Å². The van der Waals surface area contributed by atoms with Crippen LogP contribution >= 0.6 is 11.6 Å². The number of hydrogen-bond donors (Lipinski definition) is 2. The molecule has 0 saturated heterocycles. The van der Waals surface area contributed by atoms with E-state index in [2.05, 4.69) is 20.6 Å². The molecule has 3 rings (SSSR count). The molecule has 2 aromatic heterocycles. The van der Waals surface area contributed by atoms with Crippen LogP contribution in [0.2, 0.25) is 5.02 Å². The van der Waals surface area contributed by atoms with Crippen LogP contribution in [-0.4, -0.2) is 23.0 Å². The summed E-state index contributed by atoms with van der Waals surface area (Å²) < 4.78 is 5.24. The number of amides is 1. The fourth-order valence-corrected chi connectivity index (χ4v) is 2.50. The predicted molar refractivity (Wildman–Crippen MR) is 102 cm³/mol. The normalized spacial score (nSPS) is 10.2. The average molecular weight is 369 g/mol. The number of rotatable bonds is 6. The average Bonchev–Trinajstić information content (AvgIpc) is 2.67. The molecule has 0 atom stereocenters. The van der Waals surface area contributed by atoms with Crippen molar-refractivity contribution >= 4 is 28.9 Å². The highest BCUT2D eigenvalue weighted by Crippen LogP contribution is 2.28. The monoisotopic (exact) mass is 368 g/mol. The van der Waals surface area contributed by atoms with Gasteiger partial charge >= 0.3 is 0 Å². The summed E-state index contributed by atoms with van der Waals surface area (Å²) in [5, 5.41) is 6.50. The smallest absolute Gasteiger partial charge is 0.257 e. The maximum Gasteiger partial charge on any atom is 0.257 e. The number of ether oxygens (including phenoxy) is 1. The van der Waals surface area contributed by atoms with Crippen LogP contribution in [0.4, 0.5) is 11.4 Å². The van der Waals surface area contributed by atoms with E-state index in [-0.39, 0.29) is 5.91 Å². The van der Waals surface area contributed by atoms with Gasteiger partial charge in [0.1, 0.15) is 5.75 Å². The van der Waals surface area contributed by atoms with Crippen molar-refractivity contribution in [2.75, 3.05) is 17.7 Å². The molecule has 26 heavy (non-hydrogen) atoms. The molecule has 0 bridgehead atoms. The molecule has 2 N–H and O–H groups in total. The van der Waals surface area contributed by atoms with Crippen molar-refractivity contribution in [2.24, 2.45) is 0 Å². The lowest BCUT2D eigenvalue weighted by Gasteiger charge is -2.11. The second-order valence-corrected chi connectivity index (χ2v) is 5.87. The fourth-order valence-electron chi connectivity index (χ4n) is 2.33. The Morgan fingerprint density at radius 2 is 2.08 bits per heavy atom. The molecular weight excluding hydrogens is 352 g/mol. The Morgan fingerprint density at radius 3 is 2.85 bits per heavy atom. The van der Waals surface area contributed by atoms with Gasteiger partial charge < -0.3 is 15.4 Å². The minimum atomic E-state index is -0.306. The first kappa shape index (κ1) is 17.7. The van der Waals surface area contributed by atoms with Gasteiger partial charge in [-0.3, -0.25) is 14.8 Å². The van der Waals surface area contributed by atoms with E-state index in [1.54, 1.807) is 36.7 Å². The van der Waals surface area contributed by atoms with Crippen LogP contribution in [-0.2, 0) is 6.54 Å². The third kappa shape index (κ3) is 4.49. The van der Waals surface area contributed by atoms with Crippen molar-refractivity contribution in [3.63, 3.8) is 0 Å². The van der Waals surface area contributed by atoms with Crippen LogP contribution < -0.4 is 15.4 Å². The maximum atomic E-state index is 12.5. The Hall–Kier alpha value is -3.12. The first-order chi connectivity index (χ1) is 12.7. The van der Waals surface area contributed by atoms with Gasteiger partial charge in [0.15, 0.2) is 0 Å². The number of methoxy groups -OCH3 is 1.